The maximum absolute atomic E-state index is 13.3. The number of aryl methyl sites for hydroxylation is 1. The van der Waals surface area contributed by atoms with Crippen LogP contribution in [0.15, 0.2) is 18.2 Å². The van der Waals surface area contributed by atoms with Gasteiger partial charge in [0.05, 0.1) is 6.10 Å². The number of hydrogen-bond acceptors (Lipinski definition) is 2. The summed E-state index contributed by atoms with van der Waals surface area (Å²) in [4.78, 5) is 0. The van der Waals surface area contributed by atoms with Gasteiger partial charge in [0, 0.05) is 18.6 Å². The van der Waals surface area contributed by atoms with Gasteiger partial charge in [0.25, 0.3) is 0 Å². The predicted molar refractivity (Wildman–Crippen MR) is 66.5 cm³/mol. The Bertz CT molecular complexity index is 394. The molecule has 3 heteroatoms. The molecule has 1 aliphatic heterocycles. The molecule has 2 rings (SSSR count). The van der Waals surface area contributed by atoms with E-state index in [0.717, 1.165) is 18.6 Å². The highest BCUT2D eigenvalue weighted by molar-refractivity contribution is 5.27. The van der Waals surface area contributed by atoms with E-state index in [-0.39, 0.29) is 18.0 Å². The van der Waals surface area contributed by atoms with Crippen molar-refractivity contribution in [1.29, 1.82) is 0 Å². The summed E-state index contributed by atoms with van der Waals surface area (Å²) in [6.07, 6.45) is 1.32. The molecule has 1 heterocycles. The van der Waals surface area contributed by atoms with E-state index in [1.807, 2.05) is 19.2 Å². The van der Waals surface area contributed by atoms with Gasteiger partial charge in [-0.3, -0.25) is 0 Å². The fourth-order valence-electron chi connectivity index (χ4n) is 2.68. The molecule has 3 unspecified atom stereocenters. The Hall–Kier alpha value is -0.930. The quantitative estimate of drug-likeness (QED) is 0.872. The zero-order valence-corrected chi connectivity index (χ0v) is 10.7. The molecule has 1 fully saturated rings. The molecule has 2 nitrogen and oxygen atoms in total. The van der Waals surface area contributed by atoms with Crippen molar-refractivity contribution in [2.75, 3.05) is 13.7 Å². The highest BCUT2D eigenvalue weighted by atomic mass is 19.1. The first-order valence-electron chi connectivity index (χ1n) is 6.18. The Morgan fingerprint density at radius 1 is 1.47 bits per heavy atom. The minimum atomic E-state index is -0.140. The van der Waals surface area contributed by atoms with Crippen LogP contribution in [-0.2, 0) is 4.74 Å². The van der Waals surface area contributed by atoms with Gasteiger partial charge in [-0.25, -0.2) is 4.39 Å². The van der Waals surface area contributed by atoms with E-state index in [2.05, 4.69) is 12.2 Å². The van der Waals surface area contributed by atoms with E-state index in [4.69, 9.17) is 4.74 Å². The van der Waals surface area contributed by atoms with Crippen LogP contribution in [0, 0.1) is 18.7 Å². The van der Waals surface area contributed by atoms with Crippen LogP contribution >= 0.6 is 0 Å². The summed E-state index contributed by atoms with van der Waals surface area (Å²) in [6.45, 7) is 4.74. The van der Waals surface area contributed by atoms with Crippen LogP contribution in [0.4, 0.5) is 4.39 Å². The van der Waals surface area contributed by atoms with E-state index in [9.17, 15) is 4.39 Å². The summed E-state index contributed by atoms with van der Waals surface area (Å²) >= 11 is 0. The lowest BCUT2D eigenvalue weighted by Crippen LogP contribution is -2.29. The molecule has 0 saturated carbocycles. The molecule has 1 aromatic rings. The average molecular weight is 237 g/mol. The summed E-state index contributed by atoms with van der Waals surface area (Å²) in [6, 6.07) is 5.60. The van der Waals surface area contributed by atoms with Gasteiger partial charge in [0.2, 0.25) is 0 Å². The zero-order chi connectivity index (χ0) is 12.4. The molecule has 1 N–H and O–H groups in total. The van der Waals surface area contributed by atoms with Crippen molar-refractivity contribution in [2.45, 2.75) is 32.4 Å². The number of halogens is 1. The Kier molecular flexibility index (Phi) is 3.79. The van der Waals surface area contributed by atoms with Gasteiger partial charge in [0.1, 0.15) is 5.82 Å². The third-order valence-corrected chi connectivity index (χ3v) is 3.72. The topological polar surface area (TPSA) is 21.3 Å². The molecule has 0 amide bonds. The molecule has 0 radical (unpaired) electrons. The van der Waals surface area contributed by atoms with Crippen molar-refractivity contribution in [3.8, 4) is 0 Å². The molecule has 1 aromatic carbocycles. The number of rotatable bonds is 3. The third-order valence-electron chi connectivity index (χ3n) is 3.72. The van der Waals surface area contributed by atoms with Crippen LogP contribution < -0.4 is 5.32 Å². The van der Waals surface area contributed by atoms with Gasteiger partial charge in [-0.05, 0) is 44.5 Å². The van der Waals surface area contributed by atoms with Crippen molar-refractivity contribution in [3.05, 3.63) is 35.1 Å². The second-order valence-corrected chi connectivity index (χ2v) is 4.80. The van der Waals surface area contributed by atoms with Crippen LogP contribution in [0.25, 0.3) is 0 Å². The monoisotopic (exact) mass is 237 g/mol. The van der Waals surface area contributed by atoms with Crippen LogP contribution in [0.1, 0.15) is 30.5 Å². The Morgan fingerprint density at radius 2 is 2.24 bits per heavy atom. The van der Waals surface area contributed by atoms with Crippen LogP contribution in [0.5, 0.6) is 0 Å². The highest BCUT2D eigenvalue weighted by Crippen LogP contribution is 2.33. The molecular weight excluding hydrogens is 217 g/mol. The van der Waals surface area contributed by atoms with Gasteiger partial charge in [-0.1, -0.05) is 12.1 Å². The van der Waals surface area contributed by atoms with Crippen LogP contribution in [0.3, 0.4) is 0 Å². The molecule has 94 valence electrons. The van der Waals surface area contributed by atoms with E-state index in [0.29, 0.717) is 11.5 Å². The minimum absolute atomic E-state index is 0.140. The third kappa shape index (κ3) is 2.50. The highest BCUT2D eigenvalue weighted by Gasteiger charge is 2.32. The molecule has 1 aliphatic rings. The Morgan fingerprint density at radius 3 is 2.76 bits per heavy atom. The molecule has 0 aromatic heterocycles. The zero-order valence-electron chi connectivity index (χ0n) is 10.7. The van der Waals surface area contributed by atoms with Crippen molar-refractivity contribution < 1.29 is 9.13 Å². The first kappa shape index (κ1) is 12.5. The Balaban J connectivity index is 2.25. The number of ether oxygens (including phenoxy) is 1. The average Bonchev–Trinajstić information content (AvgIpc) is 2.71. The molecule has 0 aliphatic carbocycles. The van der Waals surface area contributed by atoms with Crippen LogP contribution in [-0.4, -0.2) is 19.8 Å². The summed E-state index contributed by atoms with van der Waals surface area (Å²) in [5, 5.41) is 3.33. The molecule has 1 saturated heterocycles. The van der Waals surface area contributed by atoms with Crippen molar-refractivity contribution in [1.82, 2.24) is 5.32 Å². The summed E-state index contributed by atoms with van der Waals surface area (Å²) in [5.74, 6) is 0.323. The summed E-state index contributed by atoms with van der Waals surface area (Å²) in [5.41, 5.74) is 1.85. The summed E-state index contributed by atoms with van der Waals surface area (Å²) < 4.78 is 18.9. The van der Waals surface area contributed by atoms with Gasteiger partial charge in [-0.15, -0.1) is 0 Å². The maximum atomic E-state index is 13.3. The SMILES string of the molecule is CNC(c1ccc(F)c(C)c1)C1CCOC1C. The minimum Gasteiger partial charge on any atom is -0.378 e. The largest absolute Gasteiger partial charge is 0.378 e. The molecular formula is C14H20FNO. The first-order chi connectivity index (χ1) is 8.13. The molecule has 3 atom stereocenters. The van der Waals surface area contributed by atoms with Crippen LogP contribution in [0.2, 0.25) is 0 Å². The molecule has 0 bridgehead atoms. The predicted octanol–water partition coefficient (Wildman–Crippen LogP) is 2.82. The standard InChI is InChI=1S/C14H20FNO/c1-9-8-11(4-5-13(9)15)14(16-3)12-6-7-17-10(12)2/h4-5,8,10,12,14,16H,6-7H2,1-3H3. The van der Waals surface area contributed by atoms with Crippen molar-refractivity contribution in [3.63, 3.8) is 0 Å². The van der Waals surface area contributed by atoms with Crippen molar-refractivity contribution in [2.24, 2.45) is 5.92 Å². The lowest BCUT2D eigenvalue weighted by molar-refractivity contribution is 0.0963. The van der Waals surface area contributed by atoms with Crippen molar-refractivity contribution >= 4 is 0 Å². The fourth-order valence-corrected chi connectivity index (χ4v) is 2.68. The van der Waals surface area contributed by atoms with Gasteiger partial charge >= 0.3 is 0 Å². The van der Waals surface area contributed by atoms with Gasteiger partial charge in [0.15, 0.2) is 0 Å². The summed E-state index contributed by atoms with van der Waals surface area (Å²) in [7, 11) is 1.95. The first-order valence-corrected chi connectivity index (χ1v) is 6.18. The Labute approximate surface area is 102 Å². The normalized spacial score (nSPS) is 26.1. The van der Waals surface area contributed by atoms with E-state index in [1.165, 1.54) is 0 Å². The number of nitrogens with one attached hydrogen (secondary N) is 1. The van der Waals surface area contributed by atoms with E-state index in [1.54, 1.807) is 13.0 Å². The molecule has 0 spiro atoms. The lowest BCUT2D eigenvalue weighted by atomic mass is 9.88. The number of benzene rings is 1. The van der Waals surface area contributed by atoms with E-state index >= 15 is 0 Å². The second-order valence-electron chi connectivity index (χ2n) is 4.80. The van der Waals surface area contributed by atoms with E-state index < -0.39 is 0 Å². The lowest BCUT2D eigenvalue weighted by Gasteiger charge is -2.26. The van der Waals surface area contributed by atoms with Gasteiger partial charge in [-0.2, -0.15) is 0 Å². The smallest absolute Gasteiger partial charge is 0.126 e. The second kappa shape index (κ2) is 5.15. The maximum Gasteiger partial charge on any atom is 0.126 e. The van der Waals surface area contributed by atoms with Gasteiger partial charge < -0.3 is 10.1 Å². The fraction of sp³-hybridized carbons (Fsp3) is 0.571. The molecule has 17 heavy (non-hydrogen) atoms. The number of hydrogen-bond donors (Lipinski definition) is 1.